The first kappa shape index (κ1) is 15.9. The standard InChI is InChI=1S/C21H22N2O2/c1-20(2,3)22-18(24)17-16-13-14-9-11-21(16,12-10-14)23(19(17)25)15-7-5-4-6-8-15/h4-12,14H,13H2,1-3H3,(H,22,24). The second-order valence-corrected chi connectivity index (χ2v) is 7.95. The fourth-order valence-corrected chi connectivity index (χ4v) is 3.94. The number of nitrogens with one attached hydrogen (secondary N) is 1. The number of anilines is 1. The Morgan fingerprint density at radius 1 is 1.16 bits per heavy atom. The lowest BCUT2D eigenvalue weighted by atomic mass is 9.72. The summed E-state index contributed by atoms with van der Waals surface area (Å²) in [5, 5.41) is 2.96. The van der Waals surface area contributed by atoms with E-state index >= 15 is 0 Å². The van der Waals surface area contributed by atoms with Crippen LogP contribution >= 0.6 is 0 Å². The minimum absolute atomic E-state index is 0.222. The monoisotopic (exact) mass is 334 g/mol. The largest absolute Gasteiger partial charge is 0.347 e. The summed E-state index contributed by atoms with van der Waals surface area (Å²) in [6, 6.07) is 9.57. The summed E-state index contributed by atoms with van der Waals surface area (Å²) >= 11 is 0. The van der Waals surface area contributed by atoms with Crippen molar-refractivity contribution in [3.8, 4) is 0 Å². The first-order valence-electron chi connectivity index (χ1n) is 8.66. The van der Waals surface area contributed by atoms with E-state index in [-0.39, 0.29) is 17.7 Å². The van der Waals surface area contributed by atoms with Crippen LogP contribution in [0.2, 0.25) is 0 Å². The molecule has 1 heterocycles. The molecule has 0 unspecified atom stereocenters. The molecule has 0 saturated heterocycles. The molecule has 1 spiro atoms. The van der Waals surface area contributed by atoms with E-state index in [2.05, 4.69) is 29.6 Å². The van der Waals surface area contributed by atoms with E-state index < -0.39 is 11.1 Å². The van der Waals surface area contributed by atoms with Crippen molar-refractivity contribution in [1.82, 2.24) is 5.32 Å². The maximum atomic E-state index is 13.3. The first-order chi connectivity index (χ1) is 11.8. The molecule has 0 saturated carbocycles. The Morgan fingerprint density at radius 2 is 1.80 bits per heavy atom. The molecular weight excluding hydrogens is 312 g/mol. The number of rotatable bonds is 2. The van der Waals surface area contributed by atoms with Gasteiger partial charge >= 0.3 is 0 Å². The third-order valence-corrected chi connectivity index (χ3v) is 4.94. The molecule has 4 aliphatic rings. The molecule has 4 heteroatoms. The number of allylic oxidation sites excluding steroid dienone is 2. The molecule has 5 rings (SSSR count). The summed E-state index contributed by atoms with van der Waals surface area (Å²) in [6.07, 6.45) is 9.13. The number of hydrogen-bond acceptors (Lipinski definition) is 2. The van der Waals surface area contributed by atoms with Crippen molar-refractivity contribution in [3.05, 3.63) is 65.8 Å². The highest BCUT2D eigenvalue weighted by atomic mass is 16.2. The molecule has 0 fully saturated rings. The smallest absolute Gasteiger partial charge is 0.265 e. The zero-order valence-electron chi connectivity index (χ0n) is 14.7. The van der Waals surface area contributed by atoms with Crippen LogP contribution in [0.15, 0.2) is 65.8 Å². The molecule has 1 aromatic rings. The van der Waals surface area contributed by atoms with Gasteiger partial charge in [-0.05, 0) is 50.8 Å². The van der Waals surface area contributed by atoms with Gasteiger partial charge in [0.25, 0.3) is 11.8 Å². The van der Waals surface area contributed by atoms with Gasteiger partial charge in [-0.1, -0.05) is 42.5 Å². The number of para-hydroxylation sites is 1. The molecule has 2 bridgehead atoms. The van der Waals surface area contributed by atoms with Gasteiger partial charge in [0, 0.05) is 11.2 Å². The highest BCUT2D eigenvalue weighted by Crippen LogP contribution is 2.50. The van der Waals surface area contributed by atoms with Gasteiger partial charge in [-0.25, -0.2) is 0 Å². The van der Waals surface area contributed by atoms with E-state index in [9.17, 15) is 9.59 Å². The molecule has 0 atom stereocenters. The van der Waals surface area contributed by atoms with Crippen LogP contribution < -0.4 is 10.2 Å². The minimum atomic E-state index is -0.641. The van der Waals surface area contributed by atoms with E-state index in [4.69, 9.17) is 0 Å². The van der Waals surface area contributed by atoms with Crippen molar-refractivity contribution < 1.29 is 9.59 Å². The number of amides is 2. The van der Waals surface area contributed by atoms with Crippen LogP contribution in [0.3, 0.4) is 0 Å². The number of carbonyl (C=O) groups is 2. The Hall–Kier alpha value is -2.62. The maximum absolute atomic E-state index is 13.3. The van der Waals surface area contributed by atoms with Gasteiger partial charge in [0.05, 0.1) is 0 Å². The van der Waals surface area contributed by atoms with Crippen LogP contribution in [0.1, 0.15) is 27.2 Å². The first-order valence-corrected chi connectivity index (χ1v) is 8.66. The van der Waals surface area contributed by atoms with Crippen LogP contribution in [-0.4, -0.2) is 22.9 Å². The van der Waals surface area contributed by atoms with Crippen LogP contribution in [0, 0.1) is 5.92 Å². The van der Waals surface area contributed by atoms with Crippen molar-refractivity contribution >= 4 is 17.5 Å². The molecule has 4 nitrogen and oxygen atoms in total. The van der Waals surface area contributed by atoms with E-state index in [0.717, 1.165) is 17.7 Å². The molecule has 1 aromatic carbocycles. The molecule has 25 heavy (non-hydrogen) atoms. The average Bonchev–Trinajstić information content (AvgIpc) is 2.82. The van der Waals surface area contributed by atoms with Gasteiger partial charge in [-0.2, -0.15) is 0 Å². The zero-order valence-corrected chi connectivity index (χ0v) is 14.7. The number of carbonyl (C=O) groups excluding carboxylic acids is 2. The van der Waals surface area contributed by atoms with Gasteiger partial charge in [0.2, 0.25) is 0 Å². The van der Waals surface area contributed by atoms with Crippen molar-refractivity contribution in [3.63, 3.8) is 0 Å². The molecule has 1 N–H and O–H groups in total. The summed E-state index contributed by atoms with van der Waals surface area (Å²) in [5.41, 5.74) is 0.990. The maximum Gasteiger partial charge on any atom is 0.265 e. The number of hydrogen-bond donors (Lipinski definition) is 1. The van der Waals surface area contributed by atoms with Gasteiger partial charge in [-0.3, -0.25) is 14.5 Å². The van der Waals surface area contributed by atoms with Crippen LogP contribution in [0.4, 0.5) is 5.69 Å². The Kier molecular flexibility index (Phi) is 3.29. The predicted octanol–water partition coefficient (Wildman–Crippen LogP) is 3.13. The van der Waals surface area contributed by atoms with E-state index in [0.29, 0.717) is 5.57 Å². The summed E-state index contributed by atoms with van der Waals surface area (Å²) in [5.74, 6) is -0.239. The van der Waals surface area contributed by atoms with Crippen molar-refractivity contribution in [1.29, 1.82) is 0 Å². The normalized spacial score (nSPS) is 27.1. The van der Waals surface area contributed by atoms with E-state index in [1.165, 1.54) is 0 Å². The summed E-state index contributed by atoms with van der Waals surface area (Å²) in [7, 11) is 0. The number of benzene rings is 1. The molecule has 3 aliphatic carbocycles. The lowest BCUT2D eigenvalue weighted by Gasteiger charge is -2.42. The van der Waals surface area contributed by atoms with Crippen LogP contribution in [0.25, 0.3) is 0 Å². The number of nitrogens with zero attached hydrogens (tertiary/aromatic N) is 1. The van der Waals surface area contributed by atoms with Crippen LogP contribution in [0.5, 0.6) is 0 Å². The highest BCUT2D eigenvalue weighted by molar-refractivity contribution is 6.28. The van der Waals surface area contributed by atoms with E-state index in [1.54, 1.807) is 4.90 Å². The van der Waals surface area contributed by atoms with E-state index in [1.807, 2.05) is 51.1 Å². The zero-order chi connectivity index (χ0) is 17.8. The molecule has 128 valence electrons. The molecule has 0 radical (unpaired) electrons. The second-order valence-electron chi connectivity index (χ2n) is 7.95. The fraction of sp³-hybridized carbons (Fsp3) is 0.333. The topological polar surface area (TPSA) is 49.4 Å². The Morgan fingerprint density at radius 3 is 2.40 bits per heavy atom. The van der Waals surface area contributed by atoms with Gasteiger partial charge < -0.3 is 5.32 Å². The third-order valence-electron chi connectivity index (χ3n) is 4.94. The van der Waals surface area contributed by atoms with Crippen LogP contribution in [-0.2, 0) is 9.59 Å². The van der Waals surface area contributed by atoms with Crippen molar-refractivity contribution in [2.75, 3.05) is 4.90 Å². The minimum Gasteiger partial charge on any atom is -0.347 e. The highest BCUT2D eigenvalue weighted by Gasteiger charge is 2.54. The van der Waals surface area contributed by atoms with Gasteiger partial charge in [0.15, 0.2) is 0 Å². The Bertz CT molecular complexity index is 826. The summed E-state index contributed by atoms with van der Waals surface area (Å²) < 4.78 is 0. The molecule has 2 amide bonds. The molecular formula is C21H22N2O2. The van der Waals surface area contributed by atoms with Gasteiger partial charge in [0.1, 0.15) is 11.1 Å². The summed E-state index contributed by atoms with van der Waals surface area (Å²) in [6.45, 7) is 5.77. The Balaban J connectivity index is 1.86. The SMILES string of the molecule is CC(C)(C)NC(=O)C1=C2CC3C=CC2(C=C3)N(c2ccccc2)C1=O. The van der Waals surface area contributed by atoms with Crippen molar-refractivity contribution in [2.24, 2.45) is 5.92 Å². The lowest BCUT2D eigenvalue weighted by Crippen LogP contribution is -2.49. The lowest BCUT2D eigenvalue weighted by molar-refractivity contribution is -0.122. The second kappa shape index (κ2) is 5.19. The molecule has 1 aliphatic heterocycles. The fourth-order valence-electron chi connectivity index (χ4n) is 3.94. The average molecular weight is 334 g/mol. The molecule has 0 aromatic heterocycles. The Labute approximate surface area is 147 Å². The quantitative estimate of drug-likeness (QED) is 0.667. The third kappa shape index (κ3) is 2.36. The van der Waals surface area contributed by atoms with Crippen molar-refractivity contribution in [2.45, 2.75) is 38.3 Å². The van der Waals surface area contributed by atoms with Gasteiger partial charge in [-0.15, -0.1) is 0 Å². The summed E-state index contributed by atoms with van der Waals surface area (Å²) in [4.78, 5) is 28.0. The predicted molar refractivity (Wildman–Crippen MR) is 98.0 cm³/mol.